The summed E-state index contributed by atoms with van der Waals surface area (Å²) in [5, 5.41) is 8.79. The minimum atomic E-state index is -3.44. The van der Waals surface area contributed by atoms with Gasteiger partial charge in [-0.25, -0.2) is 13.1 Å². The molecule has 0 saturated carbocycles. The number of rotatable bonds is 4. The Kier molecular flexibility index (Phi) is 4.10. The quantitative estimate of drug-likeness (QED) is 0.667. The molecule has 0 aromatic heterocycles. The van der Waals surface area contributed by atoms with Gasteiger partial charge in [-0.3, -0.25) is 9.59 Å². The third-order valence-corrected chi connectivity index (χ3v) is 3.39. The van der Waals surface area contributed by atoms with Gasteiger partial charge in [0.05, 0.1) is 18.2 Å². The van der Waals surface area contributed by atoms with E-state index in [9.17, 15) is 18.0 Å². The van der Waals surface area contributed by atoms with Gasteiger partial charge in [-0.15, -0.1) is 0 Å². The highest BCUT2D eigenvalue weighted by molar-refractivity contribution is 7.88. The smallest absolute Gasteiger partial charge is 0.308 e. The Morgan fingerprint density at radius 2 is 2.06 bits per heavy atom. The van der Waals surface area contributed by atoms with E-state index in [4.69, 9.17) is 5.11 Å². The molecule has 7 nitrogen and oxygen atoms in total. The maximum absolute atomic E-state index is 11.8. The molecule has 2 unspecified atom stereocenters. The summed E-state index contributed by atoms with van der Waals surface area (Å²) in [6.07, 6.45) is 1.38. The fourth-order valence-electron chi connectivity index (χ4n) is 1.81. The van der Waals surface area contributed by atoms with Crippen molar-refractivity contribution in [1.29, 1.82) is 0 Å². The monoisotopic (exact) mass is 264 g/mol. The number of carbonyl (C=O) groups is 2. The molecule has 1 fully saturated rings. The molecule has 17 heavy (non-hydrogen) atoms. The number of carboxylic acids is 1. The molecule has 0 aromatic carbocycles. The molecule has 2 N–H and O–H groups in total. The largest absolute Gasteiger partial charge is 0.481 e. The van der Waals surface area contributed by atoms with Crippen LogP contribution in [-0.2, 0) is 19.6 Å². The molecule has 0 spiro atoms. The summed E-state index contributed by atoms with van der Waals surface area (Å²) in [4.78, 5) is 23.9. The predicted octanol–water partition coefficient (Wildman–Crippen LogP) is -1.14. The van der Waals surface area contributed by atoms with Crippen LogP contribution in [0.3, 0.4) is 0 Å². The number of sulfonamides is 1. The molecule has 1 aliphatic heterocycles. The number of likely N-dealkylation sites (tertiary alicyclic amines) is 1. The summed E-state index contributed by atoms with van der Waals surface area (Å²) >= 11 is 0. The van der Waals surface area contributed by atoms with Crippen molar-refractivity contribution in [3.05, 3.63) is 0 Å². The van der Waals surface area contributed by atoms with Gasteiger partial charge in [-0.05, 0) is 13.3 Å². The van der Waals surface area contributed by atoms with E-state index in [0.717, 1.165) is 6.26 Å². The highest BCUT2D eigenvalue weighted by atomic mass is 32.2. The van der Waals surface area contributed by atoms with Crippen LogP contribution in [0.5, 0.6) is 0 Å². The van der Waals surface area contributed by atoms with Gasteiger partial charge < -0.3 is 10.0 Å². The van der Waals surface area contributed by atoms with E-state index in [-0.39, 0.29) is 12.5 Å². The van der Waals surface area contributed by atoms with Crippen LogP contribution in [0.4, 0.5) is 0 Å². The van der Waals surface area contributed by atoms with Crippen LogP contribution in [0.25, 0.3) is 0 Å². The SMILES string of the molecule is CC(NS(C)(=O)=O)C(=O)N1CCC(C(=O)O)C1. The molecule has 0 radical (unpaired) electrons. The summed E-state index contributed by atoms with van der Waals surface area (Å²) in [6.45, 7) is 1.94. The van der Waals surface area contributed by atoms with Crippen LogP contribution in [0.1, 0.15) is 13.3 Å². The molecule has 2 atom stereocenters. The van der Waals surface area contributed by atoms with Crippen molar-refractivity contribution in [2.24, 2.45) is 5.92 Å². The minimum Gasteiger partial charge on any atom is -0.481 e. The summed E-state index contributed by atoms with van der Waals surface area (Å²) in [5.74, 6) is -1.87. The number of hydrogen-bond acceptors (Lipinski definition) is 4. The van der Waals surface area contributed by atoms with Crippen LogP contribution in [-0.4, -0.2) is 55.7 Å². The van der Waals surface area contributed by atoms with Crippen LogP contribution >= 0.6 is 0 Å². The highest BCUT2D eigenvalue weighted by Crippen LogP contribution is 2.17. The van der Waals surface area contributed by atoms with Gasteiger partial charge >= 0.3 is 5.97 Å². The first-order valence-electron chi connectivity index (χ1n) is 5.19. The molecule has 98 valence electrons. The van der Waals surface area contributed by atoms with Crippen molar-refractivity contribution in [2.45, 2.75) is 19.4 Å². The summed E-state index contributed by atoms with van der Waals surface area (Å²) in [6, 6.07) is -0.863. The van der Waals surface area contributed by atoms with Crippen molar-refractivity contribution in [1.82, 2.24) is 9.62 Å². The molecule has 1 amide bonds. The van der Waals surface area contributed by atoms with Crippen LogP contribution < -0.4 is 4.72 Å². The minimum absolute atomic E-state index is 0.143. The molecule has 0 aliphatic carbocycles. The Labute approximate surface area is 99.8 Å². The number of nitrogens with zero attached hydrogens (tertiary/aromatic N) is 1. The number of hydrogen-bond donors (Lipinski definition) is 2. The van der Waals surface area contributed by atoms with E-state index in [1.54, 1.807) is 0 Å². The summed E-state index contributed by atoms with van der Waals surface area (Å²) < 4.78 is 24.1. The molecule has 0 aromatic rings. The van der Waals surface area contributed by atoms with Gasteiger partial charge in [-0.2, -0.15) is 0 Å². The molecule has 8 heteroatoms. The van der Waals surface area contributed by atoms with E-state index < -0.39 is 28.0 Å². The highest BCUT2D eigenvalue weighted by Gasteiger charge is 2.33. The summed E-state index contributed by atoms with van der Waals surface area (Å²) in [5.41, 5.74) is 0. The first-order valence-corrected chi connectivity index (χ1v) is 7.08. The van der Waals surface area contributed by atoms with E-state index in [1.165, 1.54) is 11.8 Å². The zero-order chi connectivity index (χ0) is 13.2. The van der Waals surface area contributed by atoms with Gasteiger partial charge in [0, 0.05) is 13.1 Å². The van der Waals surface area contributed by atoms with E-state index in [1.807, 2.05) is 0 Å². The Morgan fingerprint density at radius 1 is 1.47 bits per heavy atom. The van der Waals surface area contributed by atoms with Crippen molar-refractivity contribution < 1.29 is 23.1 Å². The second-order valence-electron chi connectivity index (χ2n) is 4.22. The lowest BCUT2D eigenvalue weighted by Crippen LogP contribution is -2.45. The van der Waals surface area contributed by atoms with Gasteiger partial charge in [-0.1, -0.05) is 0 Å². The van der Waals surface area contributed by atoms with Gasteiger partial charge in [0.25, 0.3) is 0 Å². The predicted molar refractivity (Wildman–Crippen MR) is 59.8 cm³/mol. The normalized spacial score (nSPS) is 22.5. The average Bonchev–Trinajstić information content (AvgIpc) is 2.62. The zero-order valence-electron chi connectivity index (χ0n) is 9.71. The fraction of sp³-hybridized carbons (Fsp3) is 0.778. The molecular weight excluding hydrogens is 248 g/mol. The van der Waals surface area contributed by atoms with E-state index in [0.29, 0.717) is 13.0 Å². The Hall–Kier alpha value is -1.15. The summed E-state index contributed by atoms with van der Waals surface area (Å²) in [7, 11) is -3.44. The molecule has 1 aliphatic rings. The Morgan fingerprint density at radius 3 is 2.47 bits per heavy atom. The van der Waals surface area contributed by atoms with Crippen LogP contribution in [0.15, 0.2) is 0 Å². The van der Waals surface area contributed by atoms with Gasteiger partial charge in [0.1, 0.15) is 0 Å². The van der Waals surface area contributed by atoms with Crippen LogP contribution in [0.2, 0.25) is 0 Å². The second kappa shape index (κ2) is 5.01. The van der Waals surface area contributed by atoms with Crippen molar-refractivity contribution in [3.63, 3.8) is 0 Å². The van der Waals surface area contributed by atoms with Crippen LogP contribution in [0, 0.1) is 5.92 Å². The fourth-order valence-corrected chi connectivity index (χ4v) is 2.55. The number of amides is 1. The first kappa shape index (κ1) is 13.9. The molecular formula is C9H16N2O5S. The van der Waals surface area contributed by atoms with Crippen molar-refractivity contribution in [2.75, 3.05) is 19.3 Å². The molecule has 1 heterocycles. The zero-order valence-corrected chi connectivity index (χ0v) is 10.5. The van der Waals surface area contributed by atoms with Crippen molar-refractivity contribution >= 4 is 21.9 Å². The Balaban J connectivity index is 2.58. The van der Waals surface area contributed by atoms with Crippen molar-refractivity contribution in [3.8, 4) is 0 Å². The lowest BCUT2D eigenvalue weighted by atomic mass is 10.1. The standard InChI is InChI=1S/C9H16N2O5S/c1-6(10-17(2,15)16)8(12)11-4-3-7(5-11)9(13)14/h6-7,10H,3-5H2,1-2H3,(H,13,14). The lowest BCUT2D eigenvalue weighted by Gasteiger charge is -2.20. The maximum Gasteiger partial charge on any atom is 0.308 e. The third kappa shape index (κ3) is 3.97. The molecule has 1 rings (SSSR count). The number of carboxylic acid groups (broad SMARTS) is 1. The van der Waals surface area contributed by atoms with E-state index in [2.05, 4.69) is 4.72 Å². The maximum atomic E-state index is 11.8. The molecule has 1 saturated heterocycles. The Bertz CT molecular complexity index is 419. The number of aliphatic carboxylic acids is 1. The van der Waals surface area contributed by atoms with E-state index >= 15 is 0 Å². The first-order chi connectivity index (χ1) is 7.70. The number of carbonyl (C=O) groups excluding carboxylic acids is 1. The lowest BCUT2D eigenvalue weighted by molar-refractivity contribution is -0.141. The number of nitrogens with one attached hydrogen (secondary N) is 1. The molecule has 0 bridgehead atoms. The second-order valence-corrected chi connectivity index (χ2v) is 6.00. The average molecular weight is 264 g/mol. The topological polar surface area (TPSA) is 104 Å². The third-order valence-electron chi connectivity index (χ3n) is 2.61. The van der Waals surface area contributed by atoms with Gasteiger partial charge in [0.2, 0.25) is 15.9 Å². The van der Waals surface area contributed by atoms with Gasteiger partial charge in [0.15, 0.2) is 0 Å².